The molecule has 0 saturated carbocycles. The average molecular weight is 153 g/mol. The fourth-order valence-corrected chi connectivity index (χ4v) is 1.02. The summed E-state index contributed by atoms with van der Waals surface area (Å²) in [5, 5.41) is 2.79. The summed E-state index contributed by atoms with van der Waals surface area (Å²) in [4.78, 5) is 0. The van der Waals surface area contributed by atoms with Gasteiger partial charge in [0, 0.05) is 6.08 Å². The van der Waals surface area contributed by atoms with Crippen LogP contribution in [0.15, 0.2) is 18.4 Å². The monoisotopic (exact) mass is 153 g/mol. The number of allylic oxidation sites excluding steroid dienone is 1. The van der Waals surface area contributed by atoms with Crippen molar-refractivity contribution in [2.75, 3.05) is 6.26 Å². The van der Waals surface area contributed by atoms with E-state index in [2.05, 4.69) is 23.4 Å². The Kier molecular flexibility index (Phi) is 4.58. The van der Waals surface area contributed by atoms with Crippen molar-refractivity contribution in [2.24, 2.45) is 5.73 Å². The zero-order valence-electron chi connectivity index (χ0n) is 5.96. The minimum absolute atomic E-state index is 0.195. The normalized spacial score (nSPS) is 13.7. The van der Waals surface area contributed by atoms with Crippen molar-refractivity contribution in [3.63, 3.8) is 0 Å². The predicted octanol–water partition coefficient (Wildman–Crippen LogP) is 0.836. The lowest BCUT2D eigenvalue weighted by molar-refractivity contribution is 1.21. The molecule has 0 aromatic carbocycles. The minimum atomic E-state index is -0.514. The van der Waals surface area contributed by atoms with Crippen molar-refractivity contribution < 1.29 is 0 Å². The lowest BCUT2D eigenvalue weighted by Crippen LogP contribution is -2.12. The van der Waals surface area contributed by atoms with Gasteiger partial charge in [0.25, 0.3) is 0 Å². The Bertz CT molecular complexity index is 265. The van der Waals surface area contributed by atoms with E-state index in [9.17, 15) is 0 Å². The number of hydrogen-bond donors (Lipinski definition) is 2. The molecule has 2 atom stereocenters. The molecule has 0 fully saturated rings. The molecule has 1 unspecified atom stereocenters. The summed E-state index contributed by atoms with van der Waals surface area (Å²) in [5.41, 5.74) is 8.10. The van der Waals surface area contributed by atoms with Gasteiger partial charge in [-0.1, -0.05) is 17.7 Å². The highest BCUT2D eigenvalue weighted by molar-refractivity contribution is 8.07. The van der Waals surface area contributed by atoms with Gasteiger partial charge >= 0.3 is 0 Å². The fourth-order valence-electron chi connectivity index (χ4n) is 0.340. The molecular formula is C8H11NS. The number of hydrogen-bond acceptors (Lipinski definition) is 1. The van der Waals surface area contributed by atoms with Crippen molar-refractivity contribution >= 4 is 10.3 Å². The molecule has 0 radical (unpaired) electrons. The van der Waals surface area contributed by atoms with Gasteiger partial charge in [0.2, 0.25) is 0 Å². The summed E-state index contributed by atoms with van der Waals surface area (Å²) in [6.07, 6.45) is 8.69. The van der Waals surface area contributed by atoms with E-state index in [4.69, 9.17) is 12.2 Å². The number of nitrogens with two attached hydrogens (primary N) is 1. The van der Waals surface area contributed by atoms with E-state index < -0.39 is 10.3 Å². The van der Waals surface area contributed by atoms with E-state index in [-0.39, 0.29) is 5.37 Å². The van der Waals surface area contributed by atoms with Gasteiger partial charge in [0.15, 0.2) is 0 Å². The van der Waals surface area contributed by atoms with Gasteiger partial charge in [-0.05, 0) is 6.26 Å². The van der Waals surface area contributed by atoms with Crippen molar-refractivity contribution in [1.29, 1.82) is 0 Å². The molecule has 0 aromatic heterocycles. The molecule has 0 aliphatic heterocycles. The smallest absolute Gasteiger partial charge is 0.104 e. The topological polar surface area (TPSA) is 26.0 Å². The van der Waals surface area contributed by atoms with Crippen LogP contribution in [0.1, 0.15) is 0 Å². The third-order valence-electron chi connectivity index (χ3n) is 0.958. The summed E-state index contributed by atoms with van der Waals surface area (Å²) in [7, 11) is -0.514. The highest BCUT2D eigenvalue weighted by Crippen LogP contribution is 2.05. The van der Waals surface area contributed by atoms with E-state index >= 15 is 0 Å². The highest BCUT2D eigenvalue weighted by atomic mass is 32.2. The second kappa shape index (κ2) is 4.99. The summed E-state index contributed by atoms with van der Waals surface area (Å²) in [6, 6.07) is 0. The Labute approximate surface area is 64.2 Å². The SMILES string of the molecule is C#C[C@@H](N)[SH](C)#CC=C=C. The van der Waals surface area contributed by atoms with E-state index in [0.717, 1.165) is 0 Å². The van der Waals surface area contributed by atoms with Crippen LogP contribution in [0, 0.1) is 17.5 Å². The molecule has 2 heteroatoms. The zero-order chi connectivity index (χ0) is 7.98. The number of rotatable bonds is 0. The van der Waals surface area contributed by atoms with Crippen LogP contribution in [0.5, 0.6) is 0 Å². The van der Waals surface area contributed by atoms with Crippen LogP contribution in [0.4, 0.5) is 0 Å². The molecular weight excluding hydrogens is 142 g/mol. The summed E-state index contributed by atoms with van der Waals surface area (Å²) in [5.74, 6) is 2.45. The molecule has 0 rings (SSSR count). The molecule has 0 spiro atoms. The average Bonchev–Trinajstić information content (AvgIpc) is 1.98. The Hall–Kier alpha value is -0.830. The second-order valence-electron chi connectivity index (χ2n) is 1.70. The minimum Gasteiger partial charge on any atom is -0.310 e. The molecule has 0 bridgehead atoms. The van der Waals surface area contributed by atoms with Crippen LogP contribution in [0.3, 0.4) is 0 Å². The van der Waals surface area contributed by atoms with E-state index in [1.165, 1.54) is 0 Å². The van der Waals surface area contributed by atoms with Crippen LogP contribution >= 0.6 is 10.3 Å². The van der Waals surface area contributed by atoms with E-state index in [1.807, 2.05) is 6.26 Å². The molecule has 0 heterocycles. The standard InChI is InChI=1S/C8H11NS/c1-4-6-7-10(3)8(9)5-2/h2,6,8,10H,1,9H2,3H3/t8-/m0/s1. The molecule has 54 valence electrons. The third kappa shape index (κ3) is 3.25. The van der Waals surface area contributed by atoms with Crippen LogP contribution in [0.2, 0.25) is 0 Å². The van der Waals surface area contributed by atoms with E-state index in [1.54, 1.807) is 6.08 Å². The largest absolute Gasteiger partial charge is 0.310 e. The summed E-state index contributed by atoms with van der Waals surface area (Å²) >= 11 is 0. The van der Waals surface area contributed by atoms with Gasteiger partial charge in [-0.15, -0.1) is 12.2 Å². The molecule has 0 amide bonds. The van der Waals surface area contributed by atoms with Gasteiger partial charge in [-0.25, -0.2) is 0 Å². The molecule has 0 aliphatic rings. The van der Waals surface area contributed by atoms with Crippen LogP contribution in [-0.4, -0.2) is 11.6 Å². The van der Waals surface area contributed by atoms with Crippen LogP contribution in [-0.2, 0) is 0 Å². The van der Waals surface area contributed by atoms with Crippen LogP contribution < -0.4 is 5.73 Å². The molecule has 10 heavy (non-hydrogen) atoms. The van der Waals surface area contributed by atoms with Gasteiger partial charge in [0.05, 0.1) is 0 Å². The molecule has 1 nitrogen and oxygen atoms in total. The second-order valence-corrected chi connectivity index (χ2v) is 3.74. The summed E-state index contributed by atoms with van der Waals surface area (Å²) in [6.45, 7) is 3.39. The van der Waals surface area contributed by atoms with Crippen molar-refractivity contribution in [3.05, 3.63) is 18.4 Å². The molecule has 0 saturated heterocycles. The first-order chi connectivity index (χ1) is 4.72. The van der Waals surface area contributed by atoms with Gasteiger partial charge in [-0.2, -0.15) is 10.3 Å². The van der Waals surface area contributed by atoms with Gasteiger partial charge < -0.3 is 5.73 Å². The van der Waals surface area contributed by atoms with Crippen LogP contribution in [0.25, 0.3) is 0 Å². The zero-order valence-corrected chi connectivity index (χ0v) is 6.86. The quantitative estimate of drug-likeness (QED) is 0.301. The van der Waals surface area contributed by atoms with E-state index in [0.29, 0.717) is 0 Å². The number of thiol groups is 1. The third-order valence-corrected chi connectivity index (χ3v) is 2.48. The lowest BCUT2D eigenvalue weighted by atomic mass is 10.7. The molecule has 2 N–H and O–H groups in total. The predicted molar refractivity (Wildman–Crippen MR) is 49.3 cm³/mol. The Morgan fingerprint density at radius 2 is 2.40 bits per heavy atom. The first-order valence-corrected chi connectivity index (χ1v) is 4.63. The molecule has 0 aromatic rings. The first-order valence-electron chi connectivity index (χ1n) is 2.77. The van der Waals surface area contributed by atoms with Crippen molar-refractivity contribution in [3.8, 4) is 17.5 Å². The lowest BCUT2D eigenvalue weighted by Gasteiger charge is -2.00. The van der Waals surface area contributed by atoms with Gasteiger partial charge in [-0.3, -0.25) is 0 Å². The molecule has 0 aliphatic carbocycles. The maximum absolute atomic E-state index is 5.52. The maximum Gasteiger partial charge on any atom is 0.104 e. The summed E-state index contributed by atoms with van der Waals surface area (Å²) < 4.78 is 0. The first kappa shape index (κ1) is 9.17. The highest BCUT2D eigenvalue weighted by Gasteiger charge is 1.89. The fraction of sp³-hybridized carbons (Fsp3) is 0.250. The Morgan fingerprint density at radius 3 is 2.80 bits per heavy atom. The van der Waals surface area contributed by atoms with Crippen molar-refractivity contribution in [1.82, 2.24) is 0 Å². The van der Waals surface area contributed by atoms with Crippen molar-refractivity contribution in [2.45, 2.75) is 5.37 Å². The Balaban J connectivity index is 4.40. The Morgan fingerprint density at radius 1 is 1.80 bits per heavy atom. The maximum atomic E-state index is 5.52. The number of terminal acetylenes is 1. The van der Waals surface area contributed by atoms with Gasteiger partial charge in [0.1, 0.15) is 5.37 Å².